The number of carbonyl (C=O) groups excluding carboxylic acids is 1. The maximum absolute atomic E-state index is 12.2. The van der Waals surface area contributed by atoms with Crippen molar-refractivity contribution >= 4 is 11.6 Å². The molecule has 23 heavy (non-hydrogen) atoms. The van der Waals surface area contributed by atoms with Crippen LogP contribution in [0.2, 0.25) is 0 Å². The Morgan fingerprint density at radius 3 is 2.52 bits per heavy atom. The Kier molecular flexibility index (Phi) is 4.46. The quantitative estimate of drug-likeness (QED) is 0.944. The smallest absolute Gasteiger partial charge is 0.255 e. The summed E-state index contributed by atoms with van der Waals surface area (Å²) in [5, 5.41) is 2.78. The summed E-state index contributed by atoms with van der Waals surface area (Å²) in [6, 6.07) is 10.3. The molecule has 0 bridgehead atoms. The van der Waals surface area contributed by atoms with Gasteiger partial charge in [-0.1, -0.05) is 0 Å². The molecule has 1 aromatic heterocycles. The highest BCUT2D eigenvalue weighted by atomic mass is 16.5. The minimum atomic E-state index is -0.299. The molecule has 0 radical (unpaired) electrons. The third-order valence-corrected chi connectivity index (χ3v) is 4.08. The van der Waals surface area contributed by atoms with Crippen molar-refractivity contribution in [3.8, 4) is 5.75 Å². The molecule has 0 atom stereocenters. The lowest BCUT2D eigenvalue weighted by Gasteiger charge is -2.13. The Hall–Kier alpha value is -2.56. The molecule has 1 aliphatic rings. The van der Waals surface area contributed by atoms with Gasteiger partial charge < -0.3 is 14.6 Å². The standard InChI is InChI=1S/C18H20N2O3/c1-20-11-10-13(12-17(20)21)18(22)19-14-6-8-16(9-7-14)23-15-4-2-3-5-15/h6-12,15H,2-5H2,1H3,(H,19,22). The number of nitrogens with one attached hydrogen (secondary N) is 1. The number of rotatable bonds is 4. The first-order valence-corrected chi connectivity index (χ1v) is 7.86. The molecule has 1 amide bonds. The number of anilines is 1. The summed E-state index contributed by atoms with van der Waals surface area (Å²) < 4.78 is 7.31. The van der Waals surface area contributed by atoms with Crippen LogP contribution in [0, 0.1) is 0 Å². The fourth-order valence-corrected chi connectivity index (χ4v) is 2.71. The molecular weight excluding hydrogens is 292 g/mol. The average molecular weight is 312 g/mol. The number of benzene rings is 1. The van der Waals surface area contributed by atoms with E-state index in [9.17, 15) is 9.59 Å². The maximum Gasteiger partial charge on any atom is 0.255 e. The Bertz CT molecular complexity index is 744. The Morgan fingerprint density at radius 2 is 1.87 bits per heavy atom. The predicted molar refractivity (Wildman–Crippen MR) is 89.0 cm³/mol. The van der Waals surface area contributed by atoms with E-state index in [1.54, 1.807) is 19.3 Å². The van der Waals surface area contributed by atoms with Gasteiger partial charge in [0.2, 0.25) is 0 Å². The van der Waals surface area contributed by atoms with Gasteiger partial charge in [-0.3, -0.25) is 9.59 Å². The molecule has 1 saturated carbocycles. The number of ether oxygens (including phenoxy) is 1. The highest BCUT2D eigenvalue weighted by Crippen LogP contribution is 2.25. The van der Waals surface area contributed by atoms with Gasteiger partial charge in [0.05, 0.1) is 6.10 Å². The number of amides is 1. The Balaban J connectivity index is 1.64. The van der Waals surface area contributed by atoms with E-state index in [4.69, 9.17) is 4.74 Å². The molecule has 5 nitrogen and oxygen atoms in total. The number of aryl methyl sites for hydroxylation is 1. The monoisotopic (exact) mass is 312 g/mol. The zero-order valence-corrected chi connectivity index (χ0v) is 13.1. The third kappa shape index (κ3) is 3.80. The maximum atomic E-state index is 12.2. The second-order valence-electron chi connectivity index (χ2n) is 5.87. The van der Waals surface area contributed by atoms with E-state index in [2.05, 4.69) is 5.32 Å². The van der Waals surface area contributed by atoms with Gasteiger partial charge in [0.15, 0.2) is 0 Å². The van der Waals surface area contributed by atoms with Crippen molar-refractivity contribution in [2.75, 3.05) is 5.32 Å². The lowest BCUT2D eigenvalue weighted by molar-refractivity contribution is 0.102. The molecule has 1 heterocycles. The first kappa shape index (κ1) is 15.3. The first-order chi connectivity index (χ1) is 11.1. The number of nitrogens with zero attached hydrogens (tertiary/aromatic N) is 1. The Labute approximate surface area is 134 Å². The number of aromatic nitrogens is 1. The van der Waals surface area contributed by atoms with Crippen LogP contribution in [-0.4, -0.2) is 16.6 Å². The lowest BCUT2D eigenvalue weighted by atomic mass is 10.2. The molecule has 0 spiro atoms. The molecule has 3 rings (SSSR count). The van der Waals surface area contributed by atoms with E-state index in [0.717, 1.165) is 18.6 Å². The molecule has 0 unspecified atom stereocenters. The summed E-state index contributed by atoms with van der Waals surface area (Å²) >= 11 is 0. The molecule has 5 heteroatoms. The number of hydrogen-bond acceptors (Lipinski definition) is 3. The van der Waals surface area contributed by atoms with Crippen LogP contribution in [0.15, 0.2) is 47.4 Å². The molecule has 1 fully saturated rings. The van der Waals surface area contributed by atoms with Crippen LogP contribution in [0.4, 0.5) is 5.69 Å². The average Bonchev–Trinajstić information content (AvgIpc) is 3.05. The minimum absolute atomic E-state index is 0.210. The molecule has 0 saturated heterocycles. The van der Waals surface area contributed by atoms with E-state index in [-0.39, 0.29) is 11.5 Å². The highest BCUT2D eigenvalue weighted by Gasteiger charge is 2.16. The first-order valence-electron chi connectivity index (χ1n) is 7.86. The van der Waals surface area contributed by atoms with E-state index >= 15 is 0 Å². The summed E-state index contributed by atoms with van der Waals surface area (Å²) in [5.41, 5.74) is 0.812. The summed E-state index contributed by atoms with van der Waals surface area (Å²) in [4.78, 5) is 23.7. The SMILES string of the molecule is Cn1ccc(C(=O)Nc2ccc(OC3CCCC3)cc2)cc1=O. The summed E-state index contributed by atoms with van der Waals surface area (Å²) in [7, 11) is 1.65. The number of hydrogen-bond donors (Lipinski definition) is 1. The zero-order chi connectivity index (χ0) is 16.2. The van der Waals surface area contributed by atoms with Crippen LogP contribution >= 0.6 is 0 Å². The third-order valence-electron chi connectivity index (χ3n) is 4.08. The molecule has 0 aliphatic heterocycles. The molecule has 1 N–H and O–H groups in total. The zero-order valence-electron chi connectivity index (χ0n) is 13.1. The number of carbonyl (C=O) groups is 1. The van der Waals surface area contributed by atoms with Crippen LogP contribution in [0.5, 0.6) is 5.75 Å². The second-order valence-corrected chi connectivity index (χ2v) is 5.87. The van der Waals surface area contributed by atoms with Crippen molar-refractivity contribution in [3.63, 3.8) is 0 Å². The van der Waals surface area contributed by atoms with Crippen LogP contribution in [0.1, 0.15) is 36.0 Å². The van der Waals surface area contributed by atoms with E-state index in [1.165, 1.54) is 23.5 Å². The second kappa shape index (κ2) is 6.69. The summed E-state index contributed by atoms with van der Waals surface area (Å²) in [6.45, 7) is 0. The van der Waals surface area contributed by atoms with Gasteiger partial charge in [-0.15, -0.1) is 0 Å². The summed E-state index contributed by atoms with van der Waals surface area (Å²) in [6.07, 6.45) is 6.58. The molecule has 1 aromatic carbocycles. The van der Waals surface area contributed by atoms with Crippen molar-refractivity contribution in [2.45, 2.75) is 31.8 Å². The minimum Gasteiger partial charge on any atom is -0.490 e. The highest BCUT2D eigenvalue weighted by molar-refractivity contribution is 6.04. The van der Waals surface area contributed by atoms with Crippen LogP contribution in [-0.2, 0) is 7.05 Å². The predicted octanol–water partition coefficient (Wildman–Crippen LogP) is 2.96. The van der Waals surface area contributed by atoms with Gasteiger partial charge in [0.25, 0.3) is 11.5 Å². The van der Waals surface area contributed by atoms with Crippen LogP contribution < -0.4 is 15.6 Å². The number of pyridine rings is 1. The van der Waals surface area contributed by atoms with Crippen molar-refractivity contribution in [1.29, 1.82) is 0 Å². The van der Waals surface area contributed by atoms with Gasteiger partial charge >= 0.3 is 0 Å². The molecule has 1 aliphatic carbocycles. The van der Waals surface area contributed by atoms with E-state index in [0.29, 0.717) is 17.4 Å². The van der Waals surface area contributed by atoms with Gasteiger partial charge in [-0.25, -0.2) is 0 Å². The van der Waals surface area contributed by atoms with Gasteiger partial charge in [0, 0.05) is 30.6 Å². The van der Waals surface area contributed by atoms with Crippen LogP contribution in [0.25, 0.3) is 0 Å². The van der Waals surface area contributed by atoms with Crippen molar-refractivity contribution < 1.29 is 9.53 Å². The van der Waals surface area contributed by atoms with Gasteiger partial charge in [0.1, 0.15) is 5.75 Å². The Morgan fingerprint density at radius 1 is 1.17 bits per heavy atom. The largest absolute Gasteiger partial charge is 0.490 e. The van der Waals surface area contributed by atoms with E-state index < -0.39 is 0 Å². The molecular formula is C18H20N2O3. The summed E-state index contributed by atoms with van der Waals surface area (Å²) in [5.74, 6) is 0.524. The van der Waals surface area contributed by atoms with E-state index in [1.807, 2.05) is 24.3 Å². The fraction of sp³-hybridized carbons (Fsp3) is 0.333. The van der Waals surface area contributed by atoms with Gasteiger partial charge in [-0.05, 0) is 56.0 Å². The van der Waals surface area contributed by atoms with Crippen LogP contribution in [0.3, 0.4) is 0 Å². The van der Waals surface area contributed by atoms with Crippen molar-refractivity contribution in [1.82, 2.24) is 4.57 Å². The van der Waals surface area contributed by atoms with Crippen molar-refractivity contribution in [2.24, 2.45) is 7.05 Å². The topological polar surface area (TPSA) is 60.3 Å². The van der Waals surface area contributed by atoms with Crippen molar-refractivity contribution in [3.05, 3.63) is 58.5 Å². The van der Waals surface area contributed by atoms with Gasteiger partial charge in [-0.2, -0.15) is 0 Å². The molecule has 120 valence electrons. The lowest BCUT2D eigenvalue weighted by Crippen LogP contribution is -2.19. The normalized spacial score (nSPS) is 14.7. The molecule has 2 aromatic rings. The fourth-order valence-electron chi connectivity index (χ4n) is 2.71.